The lowest BCUT2D eigenvalue weighted by Gasteiger charge is -2.27. The molecular formula is C17H21NO5. The Labute approximate surface area is 135 Å². The molecule has 2 aliphatic rings. The number of nitrogens with zero attached hydrogens (tertiary/aromatic N) is 1. The van der Waals surface area contributed by atoms with Gasteiger partial charge < -0.3 is 14.2 Å². The van der Waals surface area contributed by atoms with Crippen LogP contribution in [-0.2, 0) is 4.74 Å². The molecular weight excluding hydrogens is 298 g/mol. The summed E-state index contributed by atoms with van der Waals surface area (Å²) in [5.74, 6) is 1.98. The van der Waals surface area contributed by atoms with Crippen molar-refractivity contribution in [1.29, 1.82) is 0 Å². The third-order valence-electron chi connectivity index (χ3n) is 4.34. The number of benzene rings is 1. The first-order valence-corrected chi connectivity index (χ1v) is 7.92. The van der Waals surface area contributed by atoms with Crippen LogP contribution in [0.25, 0.3) is 6.08 Å². The maximum absolute atomic E-state index is 10.9. The first-order chi connectivity index (χ1) is 11.1. The molecule has 0 bridgehead atoms. The van der Waals surface area contributed by atoms with Gasteiger partial charge in [-0.05, 0) is 44.7 Å². The molecule has 6 heteroatoms. The van der Waals surface area contributed by atoms with Crippen molar-refractivity contribution in [2.75, 3.05) is 13.7 Å². The Morgan fingerprint density at radius 1 is 1.35 bits per heavy atom. The first-order valence-electron chi connectivity index (χ1n) is 7.92. The van der Waals surface area contributed by atoms with Crippen LogP contribution in [0.15, 0.2) is 17.9 Å². The minimum atomic E-state index is -0.596. The second-order valence-electron chi connectivity index (χ2n) is 6.00. The van der Waals surface area contributed by atoms with Crippen LogP contribution in [0.3, 0.4) is 0 Å². The predicted octanol–water partition coefficient (Wildman–Crippen LogP) is 3.73. The summed E-state index contributed by atoms with van der Waals surface area (Å²) in [6.45, 7) is 1.53. The van der Waals surface area contributed by atoms with Crippen molar-refractivity contribution in [1.82, 2.24) is 0 Å². The van der Waals surface area contributed by atoms with E-state index < -0.39 is 6.10 Å². The van der Waals surface area contributed by atoms with Crippen molar-refractivity contribution in [3.05, 3.63) is 39.1 Å². The fourth-order valence-electron chi connectivity index (χ4n) is 3.28. The molecule has 23 heavy (non-hydrogen) atoms. The van der Waals surface area contributed by atoms with E-state index in [0.717, 1.165) is 24.0 Å². The Kier molecular flexibility index (Phi) is 4.41. The van der Waals surface area contributed by atoms with Crippen LogP contribution in [-0.4, -0.2) is 24.7 Å². The molecule has 0 aromatic heterocycles. The molecule has 0 N–H and O–H groups in total. The minimum Gasteiger partial charge on any atom is -0.493 e. The van der Waals surface area contributed by atoms with Gasteiger partial charge in [0.2, 0.25) is 6.54 Å². The second-order valence-corrected chi connectivity index (χ2v) is 6.00. The fraction of sp³-hybridized carbons (Fsp3) is 0.529. The van der Waals surface area contributed by atoms with Gasteiger partial charge in [0, 0.05) is 16.1 Å². The summed E-state index contributed by atoms with van der Waals surface area (Å²) in [6, 6.07) is 3.63. The molecule has 1 heterocycles. The van der Waals surface area contributed by atoms with Crippen molar-refractivity contribution in [3.63, 3.8) is 0 Å². The van der Waals surface area contributed by atoms with E-state index in [1.54, 1.807) is 20.1 Å². The Hall–Kier alpha value is -2.24. The molecule has 1 aromatic rings. The molecule has 0 radical (unpaired) electrons. The van der Waals surface area contributed by atoms with Gasteiger partial charge in [0.15, 0.2) is 17.6 Å². The standard InChI is InChI=1S/C17H21NO5/c1-11-9-14-13(16(22-11)10-18(19)20)7-8-15(21-2)17(14)23-12-5-3-4-6-12/h7-9,12,16H,3-6,10H2,1-2H3. The van der Waals surface area contributed by atoms with Gasteiger partial charge in [-0.15, -0.1) is 0 Å². The van der Waals surface area contributed by atoms with E-state index in [4.69, 9.17) is 14.2 Å². The molecule has 1 aliphatic heterocycles. The summed E-state index contributed by atoms with van der Waals surface area (Å²) in [7, 11) is 1.60. The van der Waals surface area contributed by atoms with Gasteiger partial charge in [-0.3, -0.25) is 10.1 Å². The van der Waals surface area contributed by atoms with Gasteiger partial charge in [0.1, 0.15) is 0 Å². The molecule has 3 rings (SSSR count). The Morgan fingerprint density at radius 3 is 2.74 bits per heavy atom. The lowest BCUT2D eigenvalue weighted by molar-refractivity contribution is -0.491. The lowest BCUT2D eigenvalue weighted by atomic mass is 9.97. The summed E-state index contributed by atoms with van der Waals surface area (Å²) in [5.41, 5.74) is 1.62. The van der Waals surface area contributed by atoms with Crippen LogP contribution in [0.1, 0.15) is 49.8 Å². The molecule has 1 aromatic carbocycles. The highest BCUT2D eigenvalue weighted by Crippen LogP contribution is 2.43. The highest BCUT2D eigenvalue weighted by Gasteiger charge is 2.30. The molecule has 1 saturated carbocycles. The third-order valence-corrected chi connectivity index (χ3v) is 4.34. The van der Waals surface area contributed by atoms with Crippen LogP contribution in [0, 0.1) is 10.1 Å². The molecule has 1 atom stereocenters. The lowest BCUT2D eigenvalue weighted by Crippen LogP contribution is -2.20. The summed E-state index contributed by atoms with van der Waals surface area (Å²) in [4.78, 5) is 10.6. The number of ether oxygens (including phenoxy) is 3. The van der Waals surface area contributed by atoms with Crippen LogP contribution in [0.2, 0.25) is 0 Å². The largest absolute Gasteiger partial charge is 0.493 e. The van der Waals surface area contributed by atoms with Crippen molar-refractivity contribution in [3.8, 4) is 11.5 Å². The number of hydrogen-bond acceptors (Lipinski definition) is 5. The number of hydrogen-bond donors (Lipinski definition) is 0. The van der Waals surface area contributed by atoms with E-state index in [9.17, 15) is 10.1 Å². The minimum absolute atomic E-state index is 0.181. The molecule has 0 saturated heterocycles. The molecule has 1 aliphatic carbocycles. The summed E-state index contributed by atoms with van der Waals surface area (Å²) in [6.07, 6.45) is 5.86. The first kappa shape index (κ1) is 15.6. The number of rotatable bonds is 5. The van der Waals surface area contributed by atoms with Gasteiger partial charge in [-0.25, -0.2) is 0 Å². The Bertz CT molecular complexity index is 634. The molecule has 0 spiro atoms. The monoisotopic (exact) mass is 319 g/mol. The molecule has 6 nitrogen and oxygen atoms in total. The Morgan fingerprint density at radius 2 is 2.09 bits per heavy atom. The van der Waals surface area contributed by atoms with Crippen molar-refractivity contribution < 1.29 is 19.1 Å². The van der Waals surface area contributed by atoms with Gasteiger partial charge in [0.25, 0.3) is 0 Å². The van der Waals surface area contributed by atoms with E-state index in [-0.39, 0.29) is 17.6 Å². The Balaban J connectivity index is 2.02. The SMILES string of the molecule is COc1ccc2c(c1OC1CCCC1)C=C(C)OC2C[N+](=O)[O-]. The zero-order chi connectivity index (χ0) is 16.4. The quantitative estimate of drug-likeness (QED) is 0.611. The van der Waals surface area contributed by atoms with E-state index in [1.807, 2.05) is 12.1 Å². The van der Waals surface area contributed by atoms with Gasteiger partial charge in [-0.1, -0.05) is 6.07 Å². The van der Waals surface area contributed by atoms with E-state index in [2.05, 4.69) is 0 Å². The van der Waals surface area contributed by atoms with Crippen molar-refractivity contribution in [2.45, 2.75) is 44.8 Å². The average Bonchev–Trinajstić information content (AvgIpc) is 3.00. The maximum Gasteiger partial charge on any atom is 0.244 e. The number of fused-ring (bicyclic) bond motifs is 1. The topological polar surface area (TPSA) is 70.8 Å². The fourth-order valence-corrected chi connectivity index (χ4v) is 3.28. The molecule has 1 fully saturated rings. The highest BCUT2D eigenvalue weighted by atomic mass is 16.6. The number of nitro groups is 1. The molecule has 124 valence electrons. The number of methoxy groups -OCH3 is 1. The maximum atomic E-state index is 10.9. The smallest absolute Gasteiger partial charge is 0.244 e. The van der Waals surface area contributed by atoms with E-state index in [0.29, 0.717) is 17.3 Å². The van der Waals surface area contributed by atoms with Crippen molar-refractivity contribution in [2.24, 2.45) is 0 Å². The summed E-state index contributed by atoms with van der Waals surface area (Å²) < 4.78 is 17.3. The van der Waals surface area contributed by atoms with Crippen LogP contribution in [0.4, 0.5) is 0 Å². The normalized spacial score (nSPS) is 20.4. The second kappa shape index (κ2) is 6.48. The van der Waals surface area contributed by atoms with Gasteiger partial charge >= 0.3 is 0 Å². The van der Waals surface area contributed by atoms with Crippen LogP contribution < -0.4 is 9.47 Å². The van der Waals surface area contributed by atoms with Crippen LogP contribution in [0.5, 0.6) is 11.5 Å². The molecule has 1 unspecified atom stereocenters. The highest BCUT2D eigenvalue weighted by molar-refractivity contribution is 5.68. The van der Waals surface area contributed by atoms with Crippen LogP contribution >= 0.6 is 0 Å². The average molecular weight is 319 g/mol. The van der Waals surface area contributed by atoms with E-state index >= 15 is 0 Å². The zero-order valence-corrected chi connectivity index (χ0v) is 13.4. The van der Waals surface area contributed by atoms with Gasteiger partial charge in [-0.2, -0.15) is 0 Å². The third kappa shape index (κ3) is 3.25. The van der Waals surface area contributed by atoms with Crippen molar-refractivity contribution >= 4 is 6.08 Å². The predicted molar refractivity (Wildman–Crippen MR) is 85.2 cm³/mol. The summed E-state index contributed by atoms with van der Waals surface area (Å²) >= 11 is 0. The molecule has 0 amide bonds. The zero-order valence-electron chi connectivity index (χ0n) is 13.4. The summed E-state index contributed by atoms with van der Waals surface area (Å²) in [5, 5.41) is 10.9. The number of allylic oxidation sites excluding steroid dienone is 1. The van der Waals surface area contributed by atoms with Gasteiger partial charge in [0.05, 0.1) is 19.0 Å². The van der Waals surface area contributed by atoms with E-state index in [1.165, 1.54) is 12.8 Å².